The molecule has 0 aliphatic rings. The molecule has 0 unspecified atom stereocenters. The number of benzene rings is 2. The summed E-state index contributed by atoms with van der Waals surface area (Å²) in [5.41, 5.74) is 2.22. The molecular weight excluding hydrogens is 372 g/mol. The Morgan fingerprint density at radius 2 is 1.83 bits per heavy atom. The van der Waals surface area contributed by atoms with Crippen LogP contribution in [0.1, 0.15) is 38.9 Å². The Kier molecular flexibility index (Phi) is 6.47. The number of hydrogen-bond acceptors (Lipinski definition) is 7. The number of carbonyl (C=O) groups excluding carboxylic acids is 2. The van der Waals surface area contributed by atoms with Crippen molar-refractivity contribution in [1.82, 2.24) is 15.1 Å². The third-order valence-corrected chi connectivity index (χ3v) is 3.91. The maximum absolute atomic E-state index is 12.4. The van der Waals surface area contributed by atoms with E-state index in [9.17, 15) is 9.59 Å². The van der Waals surface area contributed by atoms with Crippen LogP contribution in [0.25, 0.3) is 0 Å². The van der Waals surface area contributed by atoms with Gasteiger partial charge in [0, 0.05) is 5.56 Å². The Morgan fingerprint density at radius 1 is 1.10 bits per heavy atom. The van der Waals surface area contributed by atoms with Gasteiger partial charge in [0.2, 0.25) is 5.69 Å². The molecule has 0 saturated heterocycles. The first-order valence-electron chi connectivity index (χ1n) is 9.03. The maximum atomic E-state index is 12.4. The van der Waals surface area contributed by atoms with E-state index in [1.807, 2.05) is 49.4 Å². The van der Waals surface area contributed by atoms with Gasteiger partial charge in [0.25, 0.3) is 5.88 Å². The van der Waals surface area contributed by atoms with Crippen LogP contribution in [0.15, 0.2) is 59.7 Å². The Hall–Kier alpha value is -3.81. The molecule has 3 rings (SSSR count). The van der Waals surface area contributed by atoms with Crippen molar-refractivity contribution in [2.24, 2.45) is 5.10 Å². The molecule has 2 aromatic carbocycles. The third kappa shape index (κ3) is 5.13. The van der Waals surface area contributed by atoms with E-state index in [4.69, 9.17) is 9.47 Å². The molecule has 0 aliphatic carbocycles. The highest BCUT2D eigenvalue weighted by Gasteiger charge is 2.23. The van der Waals surface area contributed by atoms with Crippen molar-refractivity contribution < 1.29 is 19.1 Å². The van der Waals surface area contributed by atoms with Gasteiger partial charge in [0.05, 0.1) is 12.8 Å². The number of ether oxygens (including phenoxy) is 2. The molecule has 148 valence electrons. The van der Waals surface area contributed by atoms with Crippen LogP contribution in [0.3, 0.4) is 0 Å². The van der Waals surface area contributed by atoms with Crippen LogP contribution >= 0.6 is 0 Å². The van der Waals surface area contributed by atoms with Gasteiger partial charge in [-0.05, 0) is 24.6 Å². The number of aromatic nitrogens is 3. The minimum Gasteiger partial charge on any atom is -0.466 e. The van der Waals surface area contributed by atoms with Gasteiger partial charge in [-0.3, -0.25) is 4.79 Å². The fourth-order valence-corrected chi connectivity index (χ4v) is 2.41. The number of Topliss-reactive ketones (excluding diaryl/α,β-unsaturated/α-hetero) is 1. The van der Waals surface area contributed by atoms with E-state index in [0.717, 1.165) is 15.9 Å². The lowest BCUT2D eigenvalue weighted by molar-refractivity contribution is 0.0512. The van der Waals surface area contributed by atoms with E-state index in [2.05, 4.69) is 15.4 Å². The lowest BCUT2D eigenvalue weighted by atomic mass is 10.1. The molecular formula is C21H20N4O4. The van der Waals surface area contributed by atoms with Crippen LogP contribution in [-0.4, -0.2) is 46.3 Å². The molecule has 0 radical (unpaired) electrons. The van der Waals surface area contributed by atoms with Crippen LogP contribution in [-0.2, 0) is 4.74 Å². The second kappa shape index (κ2) is 9.41. The average molecular weight is 392 g/mol. The predicted octanol–water partition coefficient (Wildman–Crippen LogP) is 2.91. The summed E-state index contributed by atoms with van der Waals surface area (Å²) in [6, 6.07) is 16.4. The molecule has 1 heterocycles. The number of carbonyl (C=O) groups is 2. The summed E-state index contributed by atoms with van der Waals surface area (Å²) in [6.07, 6.45) is 1.54. The molecule has 29 heavy (non-hydrogen) atoms. The zero-order valence-corrected chi connectivity index (χ0v) is 16.1. The number of hydrogen-bond donors (Lipinski definition) is 0. The molecule has 0 saturated carbocycles. The predicted molar refractivity (Wildman–Crippen MR) is 106 cm³/mol. The smallest absolute Gasteiger partial charge is 0.364 e. The van der Waals surface area contributed by atoms with Crippen LogP contribution in [0.5, 0.6) is 5.88 Å². The van der Waals surface area contributed by atoms with Crippen LogP contribution < -0.4 is 4.74 Å². The van der Waals surface area contributed by atoms with Crippen molar-refractivity contribution in [3.05, 3.63) is 77.0 Å². The molecule has 0 aliphatic heterocycles. The van der Waals surface area contributed by atoms with Crippen molar-refractivity contribution >= 4 is 18.0 Å². The molecule has 0 spiro atoms. The fraction of sp³-hybridized carbons (Fsp3) is 0.190. The number of rotatable bonds is 8. The first-order valence-corrected chi connectivity index (χ1v) is 9.03. The van der Waals surface area contributed by atoms with Crippen molar-refractivity contribution in [2.45, 2.75) is 13.8 Å². The lowest BCUT2D eigenvalue weighted by Crippen LogP contribution is -2.15. The van der Waals surface area contributed by atoms with Crippen molar-refractivity contribution in [3.63, 3.8) is 0 Å². The number of aryl methyl sites for hydroxylation is 1. The van der Waals surface area contributed by atoms with E-state index in [1.165, 1.54) is 6.21 Å². The highest BCUT2D eigenvalue weighted by Crippen LogP contribution is 2.18. The monoisotopic (exact) mass is 392 g/mol. The van der Waals surface area contributed by atoms with Gasteiger partial charge in [-0.15, -0.1) is 5.10 Å². The van der Waals surface area contributed by atoms with E-state index in [1.54, 1.807) is 19.1 Å². The van der Waals surface area contributed by atoms with Crippen LogP contribution in [0.4, 0.5) is 0 Å². The summed E-state index contributed by atoms with van der Waals surface area (Å²) in [7, 11) is 0. The zero-order chi connectivity index (χ0) is 20.6. The Balaban J connectivity index is 1.82. The van der Waals surface area contributed by atoms with Gasteiger partial charge >= 0.3 is 5.97 Å². The molecule has 0 amide bonds. The molecule has 0 bridgehead atoms. The van der Waals surface area contributed by atoms with Crippen LogP contribution in [0, 0.1) is 6.92 Å². The highest BCUT2D eigenvalue weighted by atomic mass is 16.5. The lowest BCUT2D eigenvalue weighted by Gasteiger charge is -2.07. The summed E-state index contributed by atoms with van der Waals surface area (Å²) in [6.45, 7) is 3.48. The maximum Gasteiger partial charge on any atom is 0.364 e. The van der Waals surface area contributed by atoms with Gasteiger partial charge in [0.1, 0.15) is 0 Å². The number of ketones is 1. The second-order valence-electron chi connectivity index (χ2n) is 6.09. The van der Waals surface area contributed by atoms with Crippen molar-refractivity contribution in [1.29, 1.82) is 0 Å². The standard InChI is InChI=1S/C21H20N4O4/c1-3-28-21(27)19-20(29-14-18(26)17-11-9-15(2)10-12-17)25(24-23-19)22-13-16-7-5-4-6-8-16/h4-13H,3,14H2,1-2H3/b22-13+. The van der Waals surface area contributed by atoms with Gasteiger partial charge in [-0.2, -0.15) is 5.10 Å². The molecule has 3 aromatic rings. The van der Waals surface area contributed by atoms with Crippen molar-refractivity contribution in [2.75, 3.05) is 13.2 Å². The van der Waals surface area contributed by atoms with E-state index in [-0.39, 0.29) is 30.6 Å². The Labute approximate surface area is 167 Å². The van der Waals surface area contributed by atoms with Gasteiger partial charge in [0.15, 0.2) is 12.4 Å². The van der Waals surface area contributed by atoms with E-state index < -0.39 is 5.97 Å². The van der Waals surface area contributed by atoms with Crippen molar-refractivity contribution in [3.8, 4) is 5.88 Å². The molecule has 0 N–H and O–H groups in total. The average Bonchev–Trinajstić information content (AvgIpc) is 3.15. The quantitative estimate of drug-likeness (QED) is 0.332. The molecule has 1 aromatic heterocycles. The minimum atomic E-state index is -0.702. The summed E-state index contributed by atoms with van der Waals surface area (Å²) >= 11 is 0. The summed E-state index contributed by atoms with van der Waals surface area (Å²) in [5, 5.41) is 11.8. The Bertz CT molecular complexity index is 1010. The first-order chi connectivity index (χ1) is 14.1. The third-order valence-electron chi connectivity index (χ3n) is 3.91. The first kappa shape index (κ1) is 19.9. The largest absolute Gasteiger partial charge is 0.466 e. The molecule has 8 nitrogen and oxygen atoms in total. The SMILES string of the molecule is CCOC(=O)c1nnn(/N=C/c2ccccc2)c1OCC(=O)c1ccc(C)cc1. The van der Waals surface area contributed by atoms with Gasteiger partial charge in [-0.25, -0.2) is 4.79 Å². The normalized spacial score (nSPS) is 10.8. The second-order valence-corrected chi connectivity index (χ2v) is 6.09. The Morgan fingerprint density at radius 3 is 2.52 bits per heavy atom. The van der Waals surface area contributed by atoms with E-state index >= 15 is 0 Å². The minimum absolute atomic E-state index is 0.0592. The number of esters is 1. The van der Waals surface area contributed by atoms with E-state index in [0.29, 0.717) is 5.56 Å². The van der Waals surface area contributed by atoms with Gasteiger partial charge < -0.3 is 9.47 Å². The summed E-state index contributed by atoms with van der Waals surface area (Å²) in [4.78, 5) is 25.6. The molecule has 0 atom stereocenters. The highest BCUT2D eigenvalue weighted by molar-refractivity contribution is 5.97. The zero-order valence-electron chi connectivity index (χ0n) is 16.1. The topological polar surface area (TPSA) is 95.7 Å². The van der Waals surface area contributed by atoms with Crippen LogP contribution in [0.2, 0.25) is 0 Å². The number of nitrogens with zero attached hydrogens (tertiary/aromatic N) is 4. The molecule has 8 heteroatoms. The molecule has 0 fully saturated rings. The summed E-state index contributed by atoms with van der Waals surface area (Å²) < 4.78 is 10.6. The van der Waals surface area contributed by atoms with Gasteiger partial charge in [-0.1, -0.05) is 65.0 Å². The summed E-state index contributed by atoms with van der Waals surface area (Å²) in [5.74, 6) is -1.01. The fourth-order valence-electron chi connectivity index (χ4n) is 2.41.